The topological polar surface area (TPSA) is 60.4 Å². The summed E-state index contributed by atoms with van der Waals surface area (Å²) < 4.78 is 4.89. The molecule has 1 aromatic rings. The highest BCUT2D eigenvalue weighted by Crippen LogP contribution is 2.19. The summed E-state index contributed by atoms with van der Waals surface area (Å²) in [5, 5.41) is 3.40. The highest BCUT2D eigenvalue weighted by Gasteiger charge is 2.26. The summed E-state index contributed by atoms with van der Waals surface area (Å²) in [4.78, 5) is 23.8. The van der Waals surface area contributed by atoms with Crippen molar-refractivity contribution in [2.24, 2.45) is 10.9 Å². The first-order valence-electron chi connectivity index (χ1n) is 11.2. The van der Waals surface area contributed by atoms with Crippen molar-refractivity contribution in [3.63, 3.8) is 0 Å². The van der Waals surface area contributed by atoms with Crippen LogP contribution in [0.5, 0.6) is 0 Å². The number of esters is 1. The second-order valence-electron chi connectivity index (χ2n) is 8.35. The van der Waals surface area contributed by atoms with Crippen LogP contribution in [0.15, 0.2) is 29.3 Å². The first-order valence-corrected chi connectivity index (χ1v) is 11.2. The van der Waals surface area contributed by atoms with E-state index in [1.165, 1.54) is 18.2 Å². The van der Waals surface area contributed by atoms with Crippen LogP contribution in [0.4, 0.5) is 0 Å². The minimum absolute atomic E-state index is 0. The Morgan fingerprint density at radius 1 is 1.06 bits per heavy atom. The second-order valence-corrected chi connectivity index (χ2v) is 8.35. The van der Waals surface area contributed by atoms with Crippen molar-refractivity contribution >= 4 is 35.9 Å². The van der Waals surface area contributed by atoms with Crippen LogP contribution in [0.2, 0.25) is 0 Å². The highest BCUT2D eigenvalue weighted by molar-refractivity contribution is 14.0. The van der Waals surface area contributed by atoms with Gasteiger partial charge in [0.05, 0.1) is 19.6 Å². The van der Waals surface area contributed by atoms with E-state index in [2.05, 4.69) is 58.3 Å². The zero-order chi connectivity index (χ0) is 21.3. The van der Waals surface area contributed by atoms with Gasteiger partial charge in [0.2, 0.25) is 0 Å². The van der Waals surface area contributed by atoms with E-state index in [4.69, 9.17) is 9.73 Å². The molecule has 1 aromatic carbocycles. The number of likely N-dealkylation sites (N-methyl/N-ethyl adjacent to an activating group) is 1. The van der Waals surface area contributed by atoms with Crippen LogP contribution in [0.3, 0.4) is 0 Å². The predicted molar refractivity (Wildman–Crippen MR) is 136 cm³/mol. The summed E-state index contributed by atoms with van der Waals surface area (Å²) in [5.74, 6) is 0.859. The first kappa shape index (κ1) is 25.9. The molecule has 0 spiro atoms. The van der Waals surface area contributed by atoms with Gasteiger partial charge in [0.1, 0.15) is 0 Å². The summed E-state index contributed by atoms with van der Waals surface area (Å²) >= 11 is 0. The molecule has 174 valence electrons. The van der Waals surface area contributed by atoms with Gasteiger partial charge in [-0.1, -0.05) is 24.3 Å². The fourth-order valence-electron chi connectivity index (χ4n) is 4.10. The van der Waals surface area contributed by atoms with Gasteiger partial charge < -0.3 is 19.9 Å². The molecule has 0 aromatic heterocycles. The summed E-state index contributed by atoms with van der Waals surface area (Å²) in [5.41, 5.74) is 2.58. The molecule has 2 fully saturated rings. The minimum Gasteiger partial charge on any atom is -0.469 e. The molecule has 3 rings (SSSR count). The van der Waals surface area contributed by atoms with Gasteiger partial charge in [-0.15, -0.1) is 24.0 Å². The van der Waals surface area contributed by atoms with Crippen molar-refractivity contribution in [1.29, 1.82) is 0 Å². The van der Waals surface area contributed by atoms with Crippen LogP contribution < -0.4 is 5.32 Å². The quantitative estimate of drug-likeness (QED) is 0.258. The lowest BCUT2D eigenvalue weighted by atomic mass is 9.97. The SMILES string of the molecule is CCNC(=NCc1ccc(CN2CCN(C)CC2)cc1)N1CCC(C(=O)OC)CC1.I. The summed E-state index contributed by atoms with van der Waals surface area (Å²) in [6, 6.07) is 8.86. The number of guanidine groups is 1. The molecular weight excluding hydrogens is 505 g/mol. The predicted octanol–water partition coefficient (Wildman–Crippen LogP) is 2.40. The Morgan fingerprint density at radius 2 is 1.68 bits per heavy atom. The number of carbonyl (C=O) groups is 1. The second kappa shape index (κ2) is 13.2. The van der Waals surface area contributed by atoms with E-state index in [-0.39, 0.29) is 35.9 Å². The van der Waals surface area contributed by atoms with Gasteiger partial charge in [-0.05, 0) is 37.9 Å². The van der Waals surface area contributed by atoms with Gasteiger partial charge in [0, 0.05) is 52.4 Å². The molecule has 0 unspecified atom stereocenters. The Hall–Kier alpha value is -1.39. The van der Waals surface area contributed by atoms with E-state index in [0.717, 1.165) is 71.2 Å². The van der Waals surface area contributed by atoms with Crippen LogP contribution in [-0.2, 0) is 22.6 Å². The third kappa shape index (κ3) is 7.91. The number of rotatable bonds is 6. The maximum atomic E-state index is 11.8. The van der Waals surface area contributed by atoms with Gasteiger partial charge >= 0.3 is 5.97 Å². The van der Waals surface area contributed by atoms with Gasteiger partial charge in [0.25, 0.3) is 0 Å². The highest BCUT2D eigenvalue weighted by atomic mass is 127. The molecule has 2 heterocycles. The zero-order valence-corrected chi connectivity index (χ0v) is 21.5. The maximum absolute atomic E-state index is 11.8. The number of ether oxygens (including phenoxy) is 1. The number of halogens is 1. The first-order chi connectivity index (χ1) is 14.6. The number of benzene rings is 1. The third-order valence-corrected chi connectivity index (χ3v) is 6.10. The molecule has 1 N–H and O–H groups in total. The van der Waals surface area contributed by atoms with E-state index >= 15 is 0 Å². The van der Waals surface area contributed by atoms with E-state index in [1.54, 1.807) is 0 Å². The third-order valence-electron chi connectivity index (χ3n) is 6.10. The maximum Gasteiger partial charge on any atom is 0.308 e. The zero-order valence-electron chi connectivity index (χ0n) is 19.2. The monoisotopic (exact) mass is 543 g/mol. The Kier molecular flexibility index (Phi) is 11.0. The lowest BCUT2D eigenvalue weighted by molar-refractivity contribution is -0.146. The molecule has 2 aliphatic rings. The Balaban J connectivity index is 0.00000341. The van der Waals surface area contributed by atoms with Crippen molar-refractivity contribution in [1.82, 2.24) is 20.0 Å². The standard InChI is InChI=1S/C23H37N5O2.HI/c1-4-24-23(28-11-9-21(10-12-28)22(29)30-3)25-17-19-5-7-20(8-6-19)18-27-15-13-26(2)14-16-27;/h5-8,21H,4,9-18H2,1-3H3,(H,24,25);1H. The van der Waals surface area contributed by atoms with Crippen molar-refractivity contribution in [2.75, 3.05) is 60.0 Å². The van der Waals surface area contributed by atoms with E-state index in [9.17, 15) is 4.79 Å². The van der Waals surface area contributed by atoms with E-state index in [1.807, 2.05) is 0 Å². The molecule has 31 heavy (non-hydrogen) atoms. The summed E-state index contributed by atoms with van der Waals surface area (Å²) in [6.07, 6.45) is 1.64. The molecule has 0 radical (unpaired) electrons. The number of likely N-dealkylation sites (tertiary alicyclic amines) is 1. The van der Waals surface area contributed by atoms with Crippen LogP contribution in [0.1, 0.15) is 30.9 Å². The lowest BCUT2D eigenvalue weighted by Gasteiger charge is -2.33. The molecule has 0 saturated carbocycles. The van der Waals surface area contributed by atoms with Crippen molar-refractivity contribution < 1.29 is 9.53 Å². The molecule has 0 bridgehead atoms. The minimum atomic E-state index is -0.0896. The van der Waals surface area contributed by atoms with Gasteiger partial charge in [-0.2, -0.15) is 0 Å². The van der Waals surface area contributed by atoms with Crippen molar-refractivity contribution in [3.8, 4) is 0 Å². The number of aliphatic imine (C=N–C) groups is 1. The number of piperidine rings is 1. The molecule has 2 aliphatic heterocycles. The van der Waals surface area contributed by atoms with E-state index in [0.29, 0.717) is 6.54 Å². The Bertz CT molecular complexity index is 696. The fourth-order valence-corrected chi connectivity index (χ4v) is 4.10. The number of nitrogens with one attached hydrogen (secondary N) is 1. The van der Waals surface area contributed by atoms with Crippen LogP contribution in [0.25, 0.3) is 0 Å². The van der Waals surface area contributed by atoms with Gasteiger partial charge in [-0.25, -0.2) is 4.99 Å². The molecular formula is C23H38IN5O2. The average molecular weight is 543 g/mol. The molecule has 0 amide bonds. The van der Waals surface area contributed by atoms with Crippen LogP contribution in [0, 0.1) is 5.92 Å². The van der Waals surface area contributed by atoms with Gasteiger partial charge in [0.15, 0.2) is 5.96 Å². The smallest absolute Gasteiger partial charge is 0.308 e. The fraction of sp³-hybridized carbons (Fsp3) is 0.652. The molecule has 0 aliphatic carbocycles. The lowest BCUT2D eigenvalue weighted by Crippen LogP contribution is -2.46. The number of carbonyl (C=O) groups excluding carboxylic acids is 1. The summed E-state index contributed by atoms with van der Waals surface area (Å²) in [7, 11) is 3.66. The molecule has 8 heteroatoms. The normalized spacial score (nSPS) is 19.1. The Morgan fingerprint density at radius 3 is 2.26 bits per heavy atom. The van der Waals surface area contributed by atoms with Gasteiger partial charge in [-0.3, -0.25) is 9.69 Å². The van der Waals surface area contributed by atoms with Crippen molar-refractivity contribution in [2.45, 2.75) is 32.9 Å². The molecule has 0 atom stereocenters. The number of hydrogen-bond donors (Lipinski definition) is 1. The molecule has 7 nitrogen and oxygen atoms in total. The number of hydrogen-bond acceptors (Lipinski definition) is 5. The average Bonchev–Trinajstić information content (AvgIpc) is 2.79. The van der Waals surface area contributed by atoms with Crippen LogP contribution in [-0.4, -0.2) is 86.6 Å². The largest absolute Gasteiger partial charge is 0.469 e. The molecule has 2 saturated heterocycles. The van der Waals surface area contributed by atoms with Crippen LogP contribution >= 0.6 is 24.0 Å². The number of nitrogens with zero attached hydrogens (tertiary/aromatic N) is 4. The number of methoxy groups -OCH3 is 1. The summed E-state index contributed by atoms with van der Waals surface area (Å²) in [6.45, 7) is 10.8. The Labute approximate surface area is 204 Å². The number of piperazine rings is 1. The van der Waals surface area contributed by atoms with Crippen molar-refractivity contribution in [3.05, 3.63) is 35.4 Å². The van der Waals surface area contributed by atoms with E-state index < -0.39 is 0 Å².